The molecule has 4 aromatic rings. The summed E-state index contributed by atoms with van der Waals surface area (Å²) in [7, 11) is 1.54. The number of fused-ring (bicyclic) bond motifs is 1. The predicted molar refractivity (Wildman–Crippen MR) is 182 cm³/mol. The lowest BCUT2D eigenvalue weighted by Crippen LogP contribution is -2.40. The van der Waals surface area contributed by atoms with Crippen LogP contribution in [0.2, 0.25) is 0 Å². The number of aromatic nitrogens is 1. The monoisotopic (exact) mass is 769 g/mol. The molecule has 5 rings (SSSR count). The quantitative estimate of drug-likeness (QED) is 0.0958. The summed E-state index contributed by atoms with van der Waals surface area (Å²) in [5, 5.41) is 11.0. The molecule has 0 N–H and O–H groups in total. The lowest BCUT2D eigenvalue weighted by atomic mass is 9.93. The van der Waals surface area contributed by atoms with Crippen LogP contribution < -0.4 is 24.4 Å². The average Bonchev–Trinajstić information content (AvgIpc) is 3.34. The molecular weight excluding hydrogens is 742 g/mol. The van der Waals surface area contributed by atoms with Gasteiger partial charge in [0.2, 0.25) is 0 Å². The van der Waals surface area contributed by atoms with Crippen molar-refractivity contribution in [1.82, 2.24) is 4.57 Å². The molecule has 0 fully saturated rings. The summed E-state index contributed by atoms with van der Waals surface area (Å²) in [6.07, 6.45) is 2.98. The van der Waals surface area contributed by atoms with E-state index in [9.17, 15) is 19.7 Å². The Morgan fingerprint density at radius 2 is 1.76 bits per heavy atom. The van der Waals surface area contributed by atoms with E-state index >= 15 is 0 Å². The van der Waals surface area contributed by atoms with E-state index in [1.807, 2.05) is 31.2 Å². The summed E-state index contributed by atoms with van der Waals surface area (Å²) in [4.78, 5) is 43.7. The maximum atomic E-state index is 14.3. The molecule has 0 aliphatic carbocycles. The topological polar surface area (TPSA) is 122 Å². The molecule has 13 heteroatoms. The normalized spacial score (nSPS) is 14.5. The minimum Gasteiger partial charge on any atom is -0.496 e. The zero-order valence-corrected chi connectivity index (χ0v) is 29.1. The van der Waals surface area contributed by atoms with Gasteiger partial charge in [-0.15, -0.1) is 0 Å². The molecular formula is C33H29Br2N3O7S. The highest BCUT2D eigenvalue weighted by atomic mass is 79.9. The third kappa shape index (κ3) is 7.01. The Morgan fingerprint density at radius 3 is 2.41 bits per heavy atom. The molecule has 46 heavy (non-hydrogen) atoms. The number of esters is 1. The maximum Gasteiger partial charge on any atom is 0.338 e. The van der Waals surface area contributed by atoms with Crippen LogP contribution in [0.4, 0.5) is 5.69 Å². The molecule has 0 saturated heterocycles. The van der Waals surface area contributed by atoms with Crippen molar-refractivity contribution in [3.05, 3.63) is 127 Å². The van der Waals surface area contributed by atoms with Crippen molar-refractivity contribution in [2.45, 2.75) is 39.3 Å². The average molecular weight is 771 g/mol. The van der Waals surface area contributed by atoms with E-state index < -0.39 is 16.9 Å². The number of carbonyl (C=O) groups is 1. The Bertz CT molecular complexity index is 2020. The second-order valence-electron chi connectivity index (χ2n) is 10.2. The zero-order valence-electron chi connectivity index (χ0n) is 25.1. The Kier molecular flexibility index (Phi) is 10.5. The highest BCUT2D eigenvalue weighted by Crippen LogP contribution is 2.38. The Balaban J connectivity index is 1.65. The van der Waals surface area contributed by atoms with Crippen molar-refractivity contribution in [2.75, 3.05) is 13.7 Å². The van der Waals surface area contributed by atoms with Gasteiger partial charge in [0.1, 0.15) is 24.1 Å². The second kappa shape index (κ2) is 14.6. The first-order valence-corrected chi connectivity index (χ1v) is 16.8. The standard InChI is InChI=1S/C33H29Br2N3O7S/c1-4-6-25-29(32(40)44-5-2)30(24-17-22(35)10-14-27(24)43-3)37-31(39)28(46-33(37)36-25)16-20-15-21(34)9-13-26(20)45-18-19-7-11-23(12-8-19)38(41)42/h7-17,30H,4-6,18H2,1-3H3/b28-16+/t30-/m1/s1. The summed E-state index contributed by atoms with van der Waals surface area (Å²) in [5.74, 6) is 0.484. The van der Waals surface area contributed by atoms with E-state index in [-0.39, 0.29) is 24.5 Å². The number of benzene rings is 3. The van der Waals surface area contributed by atoms with Crippen molar-refractivity contribution in [2.24, 2.45) is 4.99 Å². The third-order valence-corrected chi connectivity index (χ3v) is 9.15. The number of nitrogens with zero attached hydrogens (tertiary/aromatic N) is 3. The Labute approximate surface area is 285 Å². The number of hydrogen-bond acceptors (Lipinski definition) is 9. The number of thiazole rings is 1. The van der Waals surface area contributed by atoms with Gasteiger partial charge in [-0.2, -0.15) is 0 Å². The molecule has 2 heterocycles. The molecule has 0 amide bonds. The first-order chi connectivity index (χ1) is 22.1. The highest BCUT2D eigenvalue weighted by Gasteiger charge is 2.36. The molecule has 1 aliphatic rings. The zero-order chi connectivity index (χ0) is 33.0. The van der Waals surface area contributed by atoms with Crippen LogP contribution in [0.15, 0.2) is 90.7 Å². The van der Waals surface area contributed by atoms with Gasteiger partial charge in [0.25, 0.3) is 11.2 Å². The lowest BCUT2D eigenvalue weighted by Gasteiger charge is -2.27. The van der Waals surface area contributed by atoms with Gasteiger partial charge in [-0.1, -0.05) is 56.5 Å². The van der Waals surface area contributed by atoms with Crippen molar-refractivity contribution in [3.8, 4) is 11.5 Å². The fourth-order valence-corrected chi connectivity index (χ4v) is 6.88. The van der Waals surface area contributed by atoms with E-state index in [0.29, 0.717) is 49.7 Å². The van der Waals surface area contributed by atoms with E-state index in [2.05, 4.69) is 31.9 Å². The van der Waals surface area contributed by atoms with Crippen molar-refractivity contribution < 1.29 is 23.9 Å². The van der Waals surface area contributed by atoms with Crippen molar-refractivity contribution in [3.63, 3.8) is 0 Å². The SMILES string of the molecule is CCCC1=C(C(=O)OCC)[C@@H](c2cc(Br)ccc2OC)n2c(s/c(=C/c3cc(Br)ccc3OCc3ccc([N+](=O)[O-])cc3)c2=O)=N1. The van der Waals surface area contributed by atoms with Gasteiger partial charge in [0, 0.05) is 32.2 Å². The Morgan fingerprint density at radius 1 is 1.07 bits per heavy atom. The van der Waals surface area contributed by atoms with Gasteiger partial charge in [-0.25, -0.2) is 9.79 Å². The minimum absolute atomic E-state index is 0.00421. The summed E-state index contributed by atoms with van der Waals surface area (Å²) in [5.41, 5.74) is 2.52. The summed E-state index contributed by atoms with van der Waals surface area (Å²) in [6.45, 7) is 4.07. The number of ether oxygens (including phenoxy) is 3. The molecule has 238 valence electrons. The molecule has 0 radical (unpaired) electrons. The van der Waals surface area contributed by atoms with Crippen LogP contribution >= 0.6 is 43.2 Å². The number of methoxy groups -OCH3 is 1. The smallest absolute Gasteiger partial charge is 0.338 e. The van der Waals surface area contributed by atoms with E-state index in [0.717, 1.165) is 20.9 Å². The third-order valence-electron chi connectivity index (χ3n) is 7.18. The van der Waals surface area contributed by atoms with Crippen LogP contribution in [0.1, 0.15) is 49.4 Å². The molecule has 0 saturated carbocycles. The number of rotatable bonds is 11. The van der Waals surface area contributed by atoms with Gasteiger partial charge in [0.05, 0.1) is 34.4 Å². The van der Waals surface area contributed by atoms with Gasteiger partial charge in [-0.05, 0) is 73.5 Å². The van der Waals surface area contributed by atoms with Crippen LogP contribution in [0.3, 0.4) is 0 Å². The van der Waals surface area contributed by atoms with E-state index in [1.165, 1.54) is 28.0 Å². The number of allylic oxidation sites excluding steroid dienone is 1. The first-order valence-electron chi connectivity index (χ1n) is 14.4. The van der Waals surface area contributed by atoms with Crippen LogP contribution in [0, 0.1) is 10.1 Å². The van der Waals surface area contributed by atoms with Crippen LogP contribution in [0.25, 0.3) is 6.08 Å². The molecule has 10 nitrogen and oxygen atoms in total. The van der Waals surface area contributed by atoms with E-state index in [1.54, 1.807) is 44.4 Å². The first kappa shape index (κ1) is 33.3. The number of hydrogen-bond donors (Lipinski definition) is 0. The number of halogens is 2. The highest BCUT2D eigenvalue weighted by molar-refractivity contribution is 9.10. The number of nitro benzene ring substituents is 1. The molecule has 0 unspecified atom stereocenters. The van der Waals surface area contributed by atoms with Crippen molar-refractivity contribution in [1.29, 1.82) is 0 Å². The van der Waals surface area contributed by atoms with Gasteiger partial charge >= 0.3 is 5.97 Å². The van der Waals surface area contributed by atoms with Gasteiger partial charge in [-0.3, -0.25) is 19.5 Å². The van der Waals surface area contributed by atoms with Gasteiger partial charge < -0.3 is 14.2 Å². The summed E-state index contributed by atoms with van der Waals surface area (Å²) >= 11 is 8.27. The predicted octanol–water partition coefficient (Wildman–Crippen LogP) is 6.60. The second-order valence-corrected chi connectivity index (χ2v) is 13.0. The molecule has 3 aromatic carbocycles. The number of nitro groups is 1. The molecule has 1 aromatic heterocycles. The Hall–Kier alpha value is -4.07. The van der Waals surface area contributed by atoms with Crippen LogP contribution in [-0.2, 0) is 16.1 Å². The maximum absolute atomic E-state index is 14.3. The summed E-state index contributed by atoms with van der Waals surface area (Å²) in [6, 6.07) is 16.2. The number of non-ortho nitro benzene ring substituents is 1. The lowest BCUT2D eigenvalue weighted by molar-refractivity contribution is -0.384. The van der Waals surface area contributed by atoms with E-state index in [4.69, 9.17) is 19.2 Å². The molecule has 0 spiro atoms. The van der Waals surface area contributed by atoms with Crippen LogP contribution in [-0.4, -0.2) is 29.2 Å². The largest absolute Gasteiger partial charge is 0.496 e. The molecule has 1 atom stereocenters. The fraction of sp³-hybridized carbons (Fsp3) is 0.242. The van der Waals surface area contributed by atoms with Gasteiger partial charge in [0.15, 0.2) is 4.80 Å². The minimum atomic E-state index is -0.841. The number of carbonyl (C=O) groups excluding carboxylic acids is 1. The fourth-order valence-electron chi connectivity index (χ4n) is 5.11. The van der Waals surface area contributed by atoms with Crippen LogP contribution in [0.5, 0.6) is 11.5 Å². The van der Waals surface area contributed by atoms with Crippen molar-refractivity contribution >= 4 is 60.9 Å². The summed E-state index contributed by atoms with van der Waals surface area (Å²) < 4.78 is 20.8. The molecule has 0 bridgehead atoms. The molecule has 1 aliphatic heterocycles.